The van der Waals surface area contributed by atoms with Crippen molar-refractivity contribution in [3.8, 4) is 0 Å². The third-order valence-corrected chi connectivity index (χ3v) is 4.62. The fourth-order valence-electron chi connectivity index (χ4n) is 2.81. The first-order valence-electron chi connectivity index (χ1n) is 8.92. The molecule has 1 aromatic carbocycles. The van der Waals surface area contributed by atoms with Gasteiger partial charge < -0.3 is 10.6 Å². The van der Waals surface area contributed by atoms with Crippen molar-refractivity contribution in [3.63, 3.8) is 0 Å². The summed E-state index contributed by atoms with van der Waals surface area (Å²) in [6.45, 7) is 11.1. The van der Waals surface area contributed by atoms with Gasteiger partial charge in [0.15, 0.2) is 5.15 Å². The minimum atomic E-state index is -0.142. The normalized spacial score (nSPS) is 12.9. The Balaban J connectivity index is 2.02. The van der Waals surface area contributed by atoms with E-state index in [0.29, 0.717) is 16.8 Å². The SMILES string of the molecule is CC(C)[C@@H](NCC(=O)Nc1cccnc1Cl)c1ccc(C(C)(C)C)cc1. The molecule has 26 heavy (non-hydrogen) atoms. The first-order chi connectivity index (χ1) is 12.2. The summed E-state index contributed by atoms with van der Waals surface area (Å²) in [7, 11) is 0. The first kappa shape index (κ1) is 20.4. The number of halogens is 1. The van der Waals surface area contributed by atoms with Gasteiger partial charge in [0, 0.05) is 12.2 Å². The second kappa shape index (κ2) is 8.65. The van der Waals surface area contributed by atoms with Crippen molar-refractivity contribution >= 4 is 23.2 Å². The van der Waals surface area contributed by atoms with Crippen LogP contribution in [0.3, 0.4) is 0 Å². The largest absolute Gasteiger partial charge is 0.322 e. The van der Waals surface area contributed by atoms with E-state index in [1.54, 1.807) is 18.3 Å². The van der Waals surface area contributed by atoms with Crippen molar-refractivity contribution in [1.82, 2.24) is 10.3 Å². The van der Waals surface area contributed by atoms with Crippen molar-refractivity contribution in [3.05, 3.63) is 58.9 Å². The van der Waals surface area contributed by atoms with Gasteiger partial charge in [-0.25, -0.2) is 4.98 Å². The van der Waals surface area contributed by atoms with Gasteiger partial charge in [-0.3, -0.25) is 4.79 Å². The predicted octanol–water partition coefficient (Wildman–Crippen LogP) is 4.96. The number of rotatable bonds is 6. The van der Waals surface area contributed by atoms with E-state index in [9.17, 15) is 4.79 Å². The summed E-state index contributed by atoms with van der Waals surface area (Å²) in [5.74, 6) is 0.210. The molecule has 0 aliphatic heterocycles. The standard InChI is InChI=1S/C21H28ClN3O/c1-14(2)19(15-8-10-16(11-9-15)21(3,4)5)24-13-18(26)25-17-7-6-12-23-20(17)22/h6-12,14,19,24H,13H2,1-5H3,(H,25,26)/t19-/m1/s1. The van der Waals surface area contributed by atoms with Crippen molar-refractivity contribution in [1.29, 1.82) is 0 Å². The Hall–Kier alpha value is -1.91. The molecule has 0 unspecified atom stereocenters. The molecule has 2 aromatic rings. The third-order valence-electron chi connectivity index (χ3n) is 4.32. The number of carbonyl (C=O) groups excluding carboxylic acids is 1. The summed E-state index contributed by atoms with van der Waals surface area (Å²) in [5, 5.41) is 6.44. The number of benzene rings is 1. The number of carbonyl (C=O) groups is 1. The van der Waals surface area contributed by atoms with Crippen LogP contribution in [0.5, 0.6) is 0 Å². The first-order valence-corrected chi connectivity index (χ1v) is 9.30. The van der Waals surface area contributed by atoms with Gasteiger partial charge in [-0.1, -0.05) is 70.5 Å². The van der Waals surface area contributed by atoms with E-state index < -0.39 is 0 Å². The molecule has 0 saturated heterocycles. The summed E-state index contributed by atoms with van der Waals surface area (Å²) in [4.78, 5) is 16.2. The summed E-state index contributed by atoms with van der Waals surface area (Å²) in [6, 6.07) is 12.2. The molecule has 1 aromatic heterocycles. The van der Waals surface area contributed by atoms with Gasteiger partial charge in [-0.15, -0.1) is 0 Å². The number of nitrogens with one attached hydrogen (secondary N) is 2. The van der Waals surface area contributed by atoms with Crippen LogP contribution in [-0.2, 0) is 10.2 Å². The summed E-state index contributed by atoms with van der Waals surface area (Å²) in [6.07, 6.45) is 1.59. The second-order valence-corrected chi connectivity index (χ2v) is 8.22. The third kappa shape index (κ3) is 5.55. The lowest BCUT2D eigenvalue weighted by molar-refractivity contribution is -0.115. The number of anilines is 1. The Morgan fingerprint density at radius 1 is 1.15 bits per heavy atom. The molecule has 2 rings (SSSR count). The molecule has 0 spiro atoms. The molecule has 0 aliphatic rings. The van der Waals surface area contributed by atoms with E-state index in [0.717, 1.165) is 0 Å². The maximum absolute atomic E-state index is 12.2. The fourth-order valence-corrected chi connectivity index (χ4v) is 2.97. The van der Waals surface area contributed by atoms with E-state index in [4.69, 9.17) is 11.6 Å². The van der Waals surface area contributed by atoms with Crippen molar-refractivity contribution in [2.75, 3.05) is 11.9 Å². The zero-order chi connectivity index (χ0) is 19.3. The minimum absolute atomic E-state index is 0.0964. The lowest BCUT2D eigenvalue weighted by Crippen LogP contribution is -2.33. The molecule has 2 N–H and O–H groups in total. The Bertz CT molecular complexity index is 736. The van der Waals surface area contributed by atoms with Gasteiger partial charge in [-0.2, -0.15) is 0 Å². The van der Waals surface area contributed by atoms with Crippen LogP contribution < -0.4 is 10.6 Å². The molecule has 1 heterocycles. The molecular weight excluding hydrogens is 346 g/mol. The summed E-state index contributed by atoms with van der Waals surface area (Å²) in [5.41, 5.74) is 3.13. The quantitative estimate of drug-likeness (QED) is 0.704. The summed E-state index contributed by atoms with van der Waals surface area (Å²) < 4.78 is 0. The van der Waals surface area contributed by atoms with E-state index >= 15 is 0 Å². The molecular formula is C21H28ClN3O. The van der Waals surface area contributed by atoms with Crippen LogP contribution in [0.4, 0.5) is 5.69 Å². The highest BCUT2D eigenvalue weighted by Gasteiger charge is 2.19. The number of aromatic nitrogens is 1. The molecule has 1 atom stereocenters. The maximum Gasteiger partial charge on any atom is 0.238 e. The van der Waals surface area contributed by atoms with Crippen LogP contribution in [0.25, 0.3) is 0 Å². The maximum atomic E-state index is 12.2. The summed E-state index contributed by atoms with van der Waals surface area (Å²) >= 11 is 5.98. The highest BCUT2D eigenvalue weighted by molar-refractivity contribution is 6.32. The molecule has 0 aliphatic carbocycles. The van der Waals surface area contributed by atoms with E-state index in [1.165, 1.54) is 11.1 Å². The Labute approximate surface area is 161 Å². The van der Waals surface area contributed by atoms with Gasteiger partial charge in [0.25, 0.3) is 0 Å². The molecule has 0 bridgehead atoms. The van der Waals surface area contributed by atoms with Crippen molar-refractivity contribution in [2.24, 2.45) is 5.92 Å². The molecule has 0 radical (unpaired) electrons. The van der Waals surface area contributed by atoms with E-state index in [-0.39, 0.29) is 23.9 Å². The Kier molecular flexibility index (Phi) is 6.79. The molecule has 4 nitrogen and oxygen atoms in total. The van der Waals surface area contributed by atoms with Crippen LogP contribution in [0.15, 0.2) is 42.6 Å². The molecule has 140 valence electrons. The van der Waals surface area contributed by atoms with Crippen molar-refractivity contribution in [2.45, 2.75) is 46.1 Å². The predicted molar refractivity (Wildman–Crippen MR) is 109 cm³/mol. The van der Waals surface area contributed by atoms with Crippen LogP contribution in [0, 0.1) is 5.92 Å². The number of hydrogen-bond acceptors (Lipinski definition) is 3. The van der Waals surface area contributed by atoms with E-state index in [2.05, 4.69) is 74.5 Å². The highest BCUT2D eigenvalue weighted by Crippen LogP contribution is 2.26. The van der Waals surface area contributed by atoms with Crippen LogP contribution in [-0.4, -0.2) is 17.4 Å². The van der Waals surface area contributed by atoms with Gasteiger partial charge >= 0.3 is 0 Å². The number of nitrogens with zero attached hydrogens (tertiary/aromatic N) is 1. The Morgan fingerprint density at radius 2 is 1.81 bits per heavy atom. The van der Waals surface area contributed by atoms with Gasteiger partial charge in [0.05, 0.1) is 12.2 Å². The van der Waals surface area contributed by atoms with Gasteiger partial charge in [0.2, 0.25) is 5.91 Å². The highest BCUT2D eigenvalue weighted by atomic mass is 35.5. The minimum Gasteiger partial charge on any atom is -0.322 e. The van der Waals surface area contributed by atoms with Crippen LogP contribution in [0.1, 0.15) is 51.8 Å². The number of amides is 1. The zero-order valence-electron chi connectivity index (χ0n) is 16.1. The topological polar surface area (TPSA) is 54.0 Å². The molecule has 5 heteroatoms. The van der Waals surface area contributed by atoms with Crippen LogP contribution in [0.2, 0.25) is 5.15 Å². The Morgan fingerprint density at radius 3 is 2.35 bits per heavy atom. The lowest BCUT2D eigenvalue weighted by Gasteiger charge is -2.25. The molecule has 0 fully saturated rings. The smallest absolute Gasteiger partial charge is 0.238 e. The van der Waals surface area contributed by atoms with Gasteiger partial charge in [-0.05, 0) is 34.6 Å². The number of hydrogen-bond donors (Lipinski definition) is 2. The van der Waals surface area contributed by atoms with Gasteiger partial charge in [0.1, 0.15) is 0 Å². The van der Waals surface area contributed by atoms with E-state index in [1.807, 2.05) is 0 Å². The monoisotopic (exact) mass is 373 g/mol. The van der Waals surface area contributed by atoms with Crippen LogP contribution >= 0.6 is 11.6 Å². The average molecular weight is 374 g/mol. The second-order valence-electron chi connectivity index (χ2n) is 7.86. The van der Waals surface area contributed by atoms with Crippen molar-refractivity contribution < 1.29 is 4.79 Å². The molecule has 0 saturated carbocycles. The lowest BCUT2D eigenvalue weighted by atomic mass is 9.85. The zero-order valence-corrected chi connectivity index (χ0v) is 16.9. The average Bonchev–Trinajstić information content (AvgIpc) is 2.56. The number of pyridine rings is 1. The fraction of sp³-hybridized carbons (Fsp3) is 0.429. The molecule has 1 amide bonds.